The van der Waals surface area contributed by atoms with Crippen molar-refractivity contribution in [2.45, 2.75) is 20.0 Å². The molecule has 0 aliphatic heterocycles. The second kappa shape index (κ2) is 9.39. The number of hydrogen-bond acceptors (Lipinski definition) is 4. The molecular formula is C24H21N3O3. The summed E-state index contributed by atoms with van der Waals surface area (Å²) in [6.45, 7) is 3.89. The van der Waals surface area contributed by atoms with Gasteiger partial charge in [-0.15, -0.1) is 0 Å². The van der Waals surface area contributed by atoms with Gasteiger partial charge in [0, 0.05) is 22.5 Å². The molecule has 3 aromatic rings. The molecule has 30 heavy (non-hydrogen) atoms. The van der Waals surface area contributed by atoms with Gasteiger partial charge in [-0.3, -0.25) is 9.59 Å². The van der Waals surface area contributed by atoms with Crippen LogP contribution >= 0.6 is 0 Å². The fraction of sp³-hybridized carbons (Fsp3) is 0.125. The molecule has 6 heteroatoms. The first-order valence-corrected chi connectivity index (χ1v) is 9.44. The number of carbonyl (C=O) groups excluding carboxylic acids is 2. The maximum Gasteiger partial charge on any atom is 0.255 e. The van der Waals surface area contributed by atoms with Crippen LogP contribution in [0.5, 0.6) is 5.75 Å². The largest absolute Gasteiger partial charge is 0.491 e. The molecule has 6 nitrogen and oxygen atoms in total. The van der Waals surface area contributed by atoms with E-state index in [4.69, 9.17) is 10.00 Å². The second-order valence-corrected chi connectivity index (χ2v) is 6.87. The summed E-state index contributed by atoms with van der Waals surface area (Å²) in [4.78, 5) is 25.1. The number of ether oxygens (including phenoxy) is 1. The molecule has 0 aromatic heterocycles. The fourth-order valence-electron chi connectivity index (χ4n) is 2.73. The van der Waals surface area contributed by atoms with Crippen molar-refractivity contribution in [3.63, 3.8) is 0 Å². The van der Waals surface area contributed by atoms with E-state index < -0.39 is 0 Å². The van der Waals surface area contributed by atoms with Gasteiger partial charge in [0.1, 0.15) is 5.75 Å². The second-order valence-electron chi connectivity index (χ2n) is 6.87. The normalized spacial score (nSPS) is 10.2. The summed E-state index contributed by atoms with van der Waals surface area (Å²) < 4.78 is 5.59. The average Bonchev–Trinajstić information content (AvgIpc) is 2.75. The summed E-state index contributed by atoms with van der Waals surface area (Å²) >= 11 is 0. The van der Waals surface area contributed by atoms with E-state index in [9.17, 15) is 9.59 Å². The summed E-state index contributed by atoms with van der Waals surface area (Å²) in [5.41, 5.74) is 2.43. The van der Waals surface area contributed by atoms with Crippen LogP contribution < -0.4 is 15.4 Å². The lowest BCUT2D eigenvalue weighted by Gasteiger charge is -2.11. The Labute approximate surface area is 175 Å². The van der Waals surface area contributed by atoms with Crippen molar-refractivity contribution in [2.75, 3.05) is 10.6 Å². The zero-order valence-corrected chi connectivity index (χ0v) is 16.7. The molecule has 0 bridgehead atoms. The van der Waals surface area contributed by atoms with Crippen LogP contribution in [-0.4, -0.2) is 17.9 Å². The Kier molecular flexibility index (Phi) is 6.46. The van der Waals surface area contributed by atoms with Crippen LogP contribution in [0.25, 0.3) is 0 Å². The summed E-state index contributed by atoms with van der Waals surface area (Å²) in [5, 5.41) is 14.4. The molecule has 0 radical (unpaired) electrons. The Morgan fingerprint density at radius 1 is 0.833 bits per heavy atom. The summed E-state index contributed by atoms with van der Waals surface area (Å²) in [6.07, 6.45) is 0.0728. The van der Waals surface area contributed by atoms with Crippen LogP contribution in [0, 0.1) is 11.3 Å². The van der Waals surface area contributed by atoms with E-state index in [1.54, 1.807) is 66.7 Å². The molecule has 0 spiro atoms. The minimum Gasteiger partial charge on any atom is -0.491 e. The molecule has 150 valence electrons. The van der Waals surface area contributed by atoms with Crippen molar-refractivity contribution in [1.29, 1.82) is 5.26 Å². The quantitative estimate of drug-likeness (QED) is 0.620. The Morgan fingerprint density at radius 2 is 1.33 bits per heavy atom. The van der Waals surface area contributed by atoms with E-state index in [1.807, 2.05) is 19.9 Å². The lowest BCUT2D eigenvalue weighted by Crippen LogP contribution is -2.15. The number of hydrogen-bond donors (Lipinski definition) is 2. The van der Waals surface area contributed by atoms with E-state index in [2.05, 4.69) is 10.6 Å². The van der Waals surface area contributed by atoms with Crippen LogP contribution in [0.2, 0.25) is 0 Å². The van der Waals surface area contributed by atoms with Crippen molar-refractivity contribution >= 4 is 23.2 Å². The number of benzene rings is 3. The van der Waals surface area contributed by atoms with Crippen molar-refractivity contribution in [3.05, 3.63) is 89.5 Å². The van der Waals surface area contributed by atoms with Crippen molar-refractivity contribution in [1.82, 2.24) is 0 Å². The lowest BCUT2D eigenvalue weighted by molar-refractivity contribution is 0.102. The molecule has 0 unspecified atom stereocenters. The third-order valence-electron chi connectivity index (χ3n) is 4.14. The first-order valence-electron chi connectivity index (χ1n) is 9.44. The minimum absolute atomic E-state index is 0.0728. The standard InChI is InChI=1S/C24H21N3O3/c1-16(2)30-22-12-10-21(11-13-22)27-24(29)19-5-3-4-18(14-19)23(28)26-20-8-6-17(15-25)7-9-20/h3-14,16H,1-2H3,(H,26,28)(H,27,29). The molecule has 0 atom stereocenters. The zero-order valence-electron chi connectivity index (χ0n) is 16.7. The number of carbonyl (C=O) groups is 2. The van der Waals surface area contributed by atoms with Crippen LogP contribution in [0.15, 0.2) is 72.8 Å². The highest BCUT2D eigenvalue weighted by molar-refractivity contribution is 6.08. The van der Waals surface area contributed by atoms with Gasteiger partial charge in [0.15, 0.2) is 0 Å². The van der Waals surface area contributed by atoms with E-state index in [-0.39, 0.29) is 17.9 Å². The Hall–Kier alpha value is -4.11. The summed E-state index contributed by atoms with van der Waals surface area (Å²) in [7, 11) is 0. The Bertz CT molecular complexity index is 1080. The molecule has 0 aliphatic rings. The van der Waals surface area contributed by atoms with Gasteiger partial charge in [-0.2, -0.15) is 5.26 Å². The molecule has 3 aromatic carbocycles. The number of anilines is 2. The van der Waals surface area contributed by atoms with E-state index in [1.165, 1.54) is 6.07 Å². The first-order chi connectivity index (χ1) is 14.4. The van der Waals surface area contributed by atoms with E-state index >= 15 is 0 Å². The van der Waals surface area contributed by atoms with Crippen LogP contribution in [0.3, 0.4) is 0 Å². The molecule has 0 saturated carbocycles. The molecule has 0 fully saturated rings. The minimum atomic E-state index is -0.343. The third kappa shape index (κ3) is 5.46. The highest BCUT2D eigenvalue weighted by Gasteiger charge is 2.11. The van der Waals surface area contributed by atoms with Gasteiger partial charge in [-0.25, -0.2) is 0 Å². The fourth-order valence-corrected chi connectivity index (χ4v) is 2.73. The predicted octanol–water partition coefficient (Wildman–Crippen LogP) is 4.85. The monoisotopic (exact) mass is 399 g/mol. The number of amides is 2. The zero-order chi connectivity index (χ0) is 21.5. The van der Waals surface area contributed by atoms with Crippen molar-refractivity contribution in [3.8, 4) is 11.8 Å². The van der Waals surface area contributed by atoms with Crippen LogP contribution in [-0.2, 0) is 0 Å². The lowest BCUT2D eigenvalue weighted by atomic mass is 10.1. The molecule has 2 N–H and O–H groups in total. The van der Waals surface area contributed by atoms with Gasteiger partial charge >= 0.3 is 0 Å². The maximum absolute atomic E-state index is 12.6. The summed E-state index contributed by atoms with van der Waals surface area (Å²) in [5.74, 6) is 0.0644. The summed E-state index contributed by atoms with van der Waals surface area (Å²) in [6, 6.07) is 22.1. The smallest absolute Gasteiger partial charge is 0.255 e. The SMILES string of the molecule is CC(C)Oc1ccc(NC(=O)c2cccc(C(=O)Nc3ccc(C#N)cc3)c2)cc1. The van der Waals surface area contributed by atoms with Crippen LogP contribution in [0.1, 0.15) is 40.1 Å². The molecule has 2 amide bonds. The number of nitrogens with zero attached hydrogens (tertiary/aromatic N) is 1. The van der Waals surface area contributed by atoms with Crippen molar-refractivity contribution in [2.24, 2.45) is 0 Å². The molecule has 3 rings (SSSR count). The van der Waals surface area contributed by atoms with E-state index in [0.29, 0.717) is 28.1 Å². The van der Waals surface area contributed by atoms with Gasteiger partial charge < -0.3 is 15.4 Å². The number of rotatable bonds is 6. The highest BCUT2D eigenvalue weighted by atomic mass is 16.5. The van der Waals surface area contributed by atoms with Gasteiger partial charge in [-0.1, -0.05) is 6.07 Å². The topological polar surface area (TPSA) is 91.2 Å². The molecule has 0 saturated heterocycles. The molecule has 0 aliphatic carbocycles. The van der Waals surface area contributed by atoms with Gasteiger partial charge in [-0.05, 0) is 80.6 Å². The van der Waals surface area contributed by atoms with Crippen molar-refractivity contribution < 1.29 is 14.3 Å². The van der Waals surface area contributed by atoms with Gasteiger partial charge in [0.05, 0.1) is 17.7 Å². The third-order valence-corrected chi connectivity index (χ3v) is 4.14. The van der Waals surface area contributed by atoms with E-state index in [0.717, 1.165) is 5.75 Å². The van der Waals surface area contributed by atoms with Gasteiger partial charge in [0.25, 0.3) is 11.8 Å². The first kappa shape index (κ1) is 20.6. The number of nitrogens with one attached hydrogen (secondary N) is 2. The molecular weight excluding hydrogens is 378 g/mol. The predicted molar refractivity (Wildman–Crippen MR) is 116 cm³/mol. The molecule has 0 heterocycles. The van der Waals surface area contributed by atoms with Crippen LogP contribution in [0.4, 0.5) is 11.4 Å². The average molecular weight is 399 g/mol. The number of nitriles is 1. The maximum atomic E-state index is 12.6. The van der Waals surface area contributed by atoms with Gasteiger partial charge in [0.2, 0.25) is 0 Å². The Balaban J connectivity index is 1.67. The highest BCUT2D eigenvalue weighted by Crippen LogP contribution is 2.18. The Morgan fingerprint density at radius 3 is 1.80 bits per heavy atom.